The van der Waals surface area contributed by atoms with Gasteiger partial charge >= 0.3 is 5.97 Å². The predicted octanol–water partition coefficient (Wildman–Crippen LogP) is 1.39. The van der Waals surface area contributed by atoms with Gasteiger partial charge in [-0.1, -0.05) is 30.3 Å². The Morgan fingerprint density at radius 2 is 1.84 bits per heavy atom. The van der Waals surface area contributed by atoms with E-state index >= 15 is 0 Å². The van der Waals surface area contributed by atoms with E-state index < -0.39 is 17.6 Å². The summed E-state index contributed by atoms with van der Waals surface area (Å²) in [5.41, 5.74) is 0.0330. The predicted molar refractivity (Wildman–Crippen MR) is 90.8 cm³/mol. The van der Waals surface area contributed by atoms with Crippen LogP contribution in [0.15, 0.2) is 30.3 Å². The zero-order valence-corrected chi connectivity index (χ0v) is 14.3. The van der Waals surface area contributed by atoms with Gasteiger partial charge in [0.1, 0.15) is 0 Å². The van der Waals surface area contributed by atoms with Gasteiger partial charge < -0.3 is 20.5 Å². The maximum absolute atomic E-state index is 12.6. The van der Waals surface area contributed by atoms with Crippen LogP contribution in [0.4, 0.5) is 0 Å². The molecule has 1 aliphatic rings. The zero-order valence-electron chi connectivity index (χ0n) is 14.3. The van der Waals surface area contributed by atoms with Gasteiger partial charge in [-0.25, -0.2) is 0 Å². The van der Waals surface area contributed by atoms with Crippen LogP contribution in [0.3, 0.4) is 0 Å². The van der Waals surface area contributed by atoms with E-state index in [9.17, 15) is 19.5 Å². The average Bonchev–Trinajstić information content (AvgIpc) is 2.54. The smallest absolute Gasteiger partial charge is 0.305 e. The van der Waals surface area contributed by atoms with Gasteiger partial charge in [0.25, 0.3) is 0 Å². The molecule has 1 fully saturated rings. The fourth-order valence-corrected chi connectivity index (χ4v) is 3.11. The zero-order chi connectivity index (χ0) is 18.3. The summed E-state index contributed by atoms with van der Waals surface area (Å²) in [7, 11) is 0. The van der Waals surface area contributed by atoms with Crippen molar-refractivity contribution in [2.45, 2.75) is 44.2 Å². The summed E-state index contributed by atoms with van der Waals surface area (Å²) in [6.07, 6.45) is 0.826. The summed E-state index contributed by atoms with van der Waals surface area (Å²) in [5, 5.41) is 14.8. The van der Waals surface area contributed by atoms with Gasteiger partial charge in [-0.15, -0.1) is 0 Å². The van der Waals surface area contributed by atoms with E-state index in [1.165, 1.54) is 6.92 Å². The minimum absolute atomic E-state index is 0.0474. The van der Waals surface area contributed by atoms with Crippen molar-refractivity contribution in [3.8, 4) is 0 Å². The van der Waals surface area contributed by atoms with E-state index in [0.717, 1.165) is 5.56 Å². The highest BCUT2D eigenvalue weighted by atomic mass is 16.5. The van der Waals surface area contributed by atoms with Crippen molar-refractivity contribution in [1.82, 2.24) is 10.6 Å². The van der Waals surface area contributed by atoms with Gasteiger partial charge in [-0.3, -0.25) is 14.4 Å². The molecule has 0 spiro atoms. The first-order chi connectivity index (χ1) is 11.9. The minimum Gasteiger partial charge on any atom is -0.481 e. The van der Waals surface area contributed by atoms with Crippen molar-refractivity contribution in [1.29, 1.82) is 0 Å². The number of carboxylic acid groups (broad SMARTS) is 1. The molecule has 0 bridgehead atoms. The molecular formula is C18H24N2O5. The number of carboxylic acids is 1. The molecule has 7 nitrogen and oxygen atoms in total. The molecule has 3 N–H and O–H groups in total. The minimum atomic E-state index is -0.955. The van der Waals surface area contributed by atoms with Crippen LogP contribution < -0.4 is 10.6 Å². The van der Waals surface area contributed by atoms with Gasteiger partial charge in [0.05, 0.1) is 24.4 Å². The lowest BCUT2D eigenvalue weighted by atomic mass is 9.86. The third kappa shape index (κ3) is 5.86. The van der Waals surface area contributed by atoms with Crippen LogP contribution in [0.1, 0.15) is 44.2 Å². The second kappa shape index (κ2) is 8.62. The molecule has 0 aromatic heterocycles. The van der Waals surface area contributed by atoms with E-state index in [-0.39, 0.29) is 24.7 Å². The summed E-state index contributed by atoms with van der Waals surface area (Å²) < 4.78 is 5.29. The van der Waals surface area contributed by atoms with Crippen molar-refractivity contribution in [2.75, 3.05) is 13.2 Å². The molecule has 0 aliphatic carbocycles. The SMILES string of the molecule is CC(=O)NC(CC(=O)NC1(CC(=O)O)CCOCC1)c1ccccc1. The van der Waals surface area contributed by atoms with E-state index in [1.54, 1.807) is 0 Å². The average molecular weight is 348 g/mol. The molecule has 136 valence electrons. The molecule has 2 rings (SSSR count). The molecule has 1 aliphatic heterocycles. The van der Waals surface area contributed by atoms with Crippen LogP contribution in [0.2, 0.25) is 0 Å². The normalized spacial score (nSPS) is 17.3. The molecule has 1 unspecified atom stereocenters. The Labute approximate surface area is 146 Å². The number of aliphatic carboxylic acids is 1. The van der Waals surface area contributed by atoms with Gasteiger partial charge in [0, 0.05) is 20.1 Å². The van der Waals surface area contributed by atoms with E-state index in [4.69, 9.17) is 4.74 Å². The van der Waals surface area contributed by atoms with Crippen molar-refractivity contribution in [3.05, 3.63) is 35.9 Å². The maximum Gasteiger partial charge on any atom is 0.305 e. The highest BCUT2D eigenvalue weighted by molar-refractivity contribution is 5.80. The topological polar surface area (TPSA) is 105 Å². The number of carbonyl (C=O) groups excluding carboxylic acids is 2. The molecular weight excluding hydrogens is 324 g/mol. The van der Waals surface area contributed by atoms with Gasteiger partial charge in [0.15, 0.2) is 0 Å². The molecule has 1 saturated heterocycles. The fraction of sp³-hybridized carbons (Fsp3) is 0.500. The van der Waals surface area contributed by atoms with E-state index in [1.807, 2.05) is 30.3 Å². The van der Waals surface area contributed by atoms with Crippen molar-refractivity contribution < 1.29 is 24.2 Å². The van der Waals surface area contributed by atoms with Crippen LogP contribution in [0.25, 0.3) is 0 Å². The number of benzene rings is 1. The Balaban J connectivity index is 2.08. The van der Waals surface area contributed by atoms with Crippen molar-refractivity contribution in [2.24, 2.45) is 0 Å². The molecule has 1 aromatic rings. The van der Waals surface area contributed by atoms with Gasteiger partial charge in [-0.05, 0) is 18.4 Å². The highest BCUT2D eigenvalue weighted by Crippen LogP contribution is 2.26. The molecule has 0 radical (unpaired) electrons. The first-order valence-electron chi connectivity index (χ1n) is 8.33. The first-order valence-corrected chi connectivity index (χ1v) is 8.33. The largest absolute Gasteiger partial charge is 0.481 e. The van der Waals surface area contributed by atoms with Crippen LogP contribution >= 0.6 is 0 Å². The highest BCUT2D eigenvalue weighted by Gasteiger charge is 2.36. The van der Waals surface area contributed by atoms with Gasteiger partial charge in [0.2, 0.25) is 11.8 Å². The second-order valence-corrected chi connectivity index (χ2v) is 6.38. The number of ether oxygens (including phenoxy) is 1. The number of hydrogen-bond donors (Lipinski definition) is 3. The molecule has 0 saturated carbocycles. The lowest BCUT2D eigenvalue weighted by Gasteiger charge is -2.37. The second-order valence-electron chi connectivity index (χ2n) is 6.38. The fourth-order valence-electron chi connectivity index (χ4n) is 3.11. The van der Waals surface area contributed by atoms with Crippen molar-refractivity contribution in [3.63, 3.8) is 0 Å². The van der Waals surface area contributed by atoms with Crippen LogP contribution in [0.5, 0.6) is 0 Å². The van der Waals surface area contributed by atoms with Gasteiger partial charge in [-0.2, -0.15) is 0 Å². The maximum atomic E-state index is 12.6. The number of nitrogens with one attached hydrogen (secondary N) is 2. The lowest BCUT2D eigenvalue weighted by molar-refractivity contribution is -0.140. The van der Waals surface area contributed by atoms with E-state index in [0.29, 0.717) is 26.1 Å². The summed E-state index contributed by atoms with van der Waals surface area (Å²) in [6, 6.07) is 8.77. The molecule has 25 heavy (non-hydrogen) atoms. The molecule has 1 heterocycles. The number of rotatable bonds is 7. The van der Waals surface area contributed by atoms with Crippen LogP contribution in [-0.4, -0.2) is 41.6 Å². The molecule has 2 amide bonds. The monoisotopic (exact) mass is 348 g/mol. The summed E-state index contributed by atoms with van der Waals surface area (Å²) in [5.74, 6) is -1.47. The number of carbonyl (C=O) groups is 3. The third-order valence-corrected chi connectivity index (χ3v) is 4.31. The summed E-state index contributed by atoms with van der Waals surface area (Å²) in [4.78, 5) is 35.2. The lowest BCUT2D eigenvalue weighted by Crippen LogP contribution is -2.53. The van der Waals surface area contributed by atoms with Crippen LogP contribution in [0, 0.1) is 0 Å². The Morgan fingerprint density at radius 3 is 2.40 bits per heavy atom. The van der Waals surface area contributed by atoms with Crippen molar-refractivity contribution >= 4 is 17.8 Å². The molecule has 1 atom stereocenters. The molecule has 1 aromatic carbocycles. The summed E-state index contributed by atoms with van der Waals surface area (Å²) in [6.45, 7) is 2.24. The Kier molecular flexibility index (Phi) is 6.52. The Morgan fingerprint density at radius 1 is 1.20 bits per heavy atom. The quantitative estimate of drug-likeness (QED) is 0.691. The molecule has 7 heteroatoms. The van der Waals surface area contributed by atoms with E-state index in [2.05, 4.69) is 10.6 Å². The standard InChI is InChI=1S/C18H24N2O5/c1-13(21)19-15(14-5-3-2-4-6-14)11-16(22)20-18(12-17(23)24)7-9-25-10-8-18/h2-6,15H,7-12H2,1H3,(H,19,21)(H,20,22)(H,23,24). The third-order valence-electron chi connectivity index (χ3n) is 4.31. The number of amides is 2. The Bertz CT molecular complexity index is 611. The summed E-state index contributed by atoms with van der Waals surface area (Å²) >= 11 is 0. The number of hydrogen-bond acceptors (Lipinski definition) is 4. The Hall–Kier alpha value is -2.41. The van der Waals surface area contributed by atoms with Crippen LogP contribution in [-0.2, 0) is 19.1 Å². The first kappa shape index (κ1) is 18.9.